The smallest absolute Gasteiger partial charge is 0.220 e. The maximum absolute atomic E-state index is 12.5. The predicted molar refractivity (Wildman–Crippen MR) is 327 cm³/mol. The van der Waals surface area contributed by atoms with E-state index in [0.717, 1.165) is 57.8 Å². The van der Waals surface area contributed by atoms with Crippen molar-refractivity contribution in [1.82, 2.24) is 5.32 Å². The van der Waals surface area contributed by atoms with Crippen molar-refractivity contribution in [3.05, 3.63) is 72.9 Å². The molecule has 0 saturated carbocycles. The molecule has 0 bridgehead atoms. The fraction of sp³-hybridized carbons (Fsp3) is 0.812. The highest BCUT2D eigenvalue weighted by molar-refractivity contribution is 5.76. The van der Waals surface area contributed by atoms with Crippen molar-refractivity contribution in [3.8, 4) is 0 Å². The maximum atomic E-state index is 12.5. The number of amides is 1. The fourth-order valence-corrected chi connectivity index (χ4v) is 10.0. The Balaban J connectivity index is 3.47. The largest absolute Gasteiger partial charge is 0.394 e. The van der Waals surface area contributed by atoms with Gasteiger partial charge in [0.2, 0.25) is 5.91 Å². The molecule has 0 radical (unpaired) electrons. The zero-order valence-electron chi connectivity index (χ0n) is 49.2. The lowest BCUT2D eigenvalue weighted by Crippen LogP contribution is -2.45. The van der Waals surface area contributed by atoms with Crippen LogP contribution in [0.25, 0.3) is 0 Å². The molecule has 0 spiro atoms. The van der Waals surface area contributed by atoms with Crippen LogP contribution < -0.4 is 5.32 Å². The molecule has 0 aromatic carbocycles. The molecule has 2 atom stereocenters. The first-order chi connectivity index (χ1) is 36.2. The lowest BCUT2D eigenvalue weighted by molar-refractivity contribution is -0.123. The van der Waals surface area contributed by atoms with Crippen LogP contribution in [0.15, 0.2) is 72.9 Å². The van der Waals surface area contributed by atoms with E-state index in [1.807, 2.05) is 6.08 Å². The van der Waals surface area contributed by atoms with Crippen molar-refractivity contribution in [3.63, 3.8) is 0 Å². The molecule has 0 saturated heterocycles. The van der Waals surface area contributed by atoms with E-state index in [2.05, 4.69) is 79.9 Å². The van der Waals surface area contributed by atoms with Gasteiger partial charge in [-0.1, -0.05) is 337 Å². The Morgan fingerprint density at radius 3 is 0.959 bits per heavy atom. The number of aliphatic hydroxyl groups is 2. The second-order valence-electron chi connectivity index (χ2n) is 22.1. The summed E-state index contributed by atoms with van der Waals surface area (Å²) >= 11 is 0. The van der Waals surface area contributed by atoms with Gasteiger partial charge in [0.25, 0.3) is 0 Å². The minimum Gasteiger partial charge on any atom is -0.394 e. The summed E-state index contributed by atoms with van der Waals surface area (Å²) in [6.45, 7) is 4.22. The second-order valence-corrected chi connectivity index (χ2v) is 22.1. The molecule has 426 valence electrons. The van der Waals surface area contributed by atoms with Crippen molar-refractivity contribution in [1.29, 1.82) is 0 Å². The summed E-state index contributed by atoms with van der Waals surface area (Å²) in [6.07, 6.45) is 92.6. The molecule has 0 aromatic heterocycles. The topological polar surface area (TPSA) is 69.6 Å². The first-order valence-corrected chi connectivity index (χ1v) is 32.7. The number of hydrogen-bond donors (Lipinski definition) is 3. The average molecular weight is 1020 g/mol. The molecule has 0 heterocycles. The zero-order chi connectivity index (χ0) is 52.7. The average Bonchev–Trinajstić information content (AvgIpc) is 3.40. The van der Waals surface area contributed by atoms with Gasteiger partial charge in [0.15, 0.2) is 0 Å². The third-order valence-electron chi connectivity index (χ3n) is 14.9. The van der Waals surface area contributed by atoms with Crippen LogP contribution in [-0.4, -0.2) is 34.9 Å². The molecule has 73 heavy (non-hydrogen) atoms. The second kappa shape index (κ2) is 64.1. The molecule has 0 fully saturated rings. The molecule has 0 rings (SSSR count). The van der Waals surface area contributed by atoms with E-state index in [1.165, 1.54) is 263 Å². The van der Waals surface area contributed by atoms with Crippen LogP contribution in [0.1, 0.15) is 341 Å². The predicted octanol–water partition coefficient (Wildman–Crippen LogP) is 22.1. The minimum atomic E-state index is -0.864. The van der Waals surface area contributed by atoms with Gasteiger partial charge in [-0.05, 0) is 70.6 Å². The van der Waals surface area contributed by atoms with E-state index in [-0.39, 0.29) is 12.5 Å². The Hall–Kier alpha value is -2.17. The van der Waals surface area contributed by atoms with Crippen LogP contribution >= 0.6 is 0 Å². The van der Waals surface area contributed by atoms with Crippen LogP contribution in [-0.2, 0) is 4.79 Å². The Kier molecular flexibility index (Phi) is 62.2. The minimum absolute atomic E-state index is 0.0687. The molecule has 0 aliphatic heterocycles. The highest BCUT2D eigenvalue weighted by atomic mass is 16.3. The van der Waals surface area contributed by atoms with E-state index in [1.54, 1.807) is 6.08 Å². The van der Waals surface area contributed by atoms with Gasteiger partial charge in [-0.2, -0.15) is 0 Å². The van der Waals surface area contributed by atoms with E-state index >= 15 is 0 Å². The number of hydrogen-bond acceptors (Lipinski definition) is 3. The van der Waals surface area contributed by atoms with Crippen LogP contribution in [0.5, 0.6) is 0 Å². The van der Waals surface area contributed by atoms with Gasteiger partial charge < -0.3 is 15.5 Å². The van der Waals surface area contributed by atoms with Gasteiger partial charge >= 0.3 is 0 Å². The summed E-state index contributed by atoms with van der Waals surface area (Å²) in [6, 6.07) is -0.641. The molecule has 0 aliphatic rings. The van der Waals surface area contributed by atoms with Gasteiger partial charge in [0.1, 0.15) is 0 Å². The number of rotatable bonds is 60. The number of carbonyl (C=O) groups excluding carboxylic acids is 1. The number of allylic oxidation sites excluding steroid dienone is 11. The Morgan fingerprint density at radius 1 is 0.342 bits per heavy atom. The van der Waals surface area contributed by atoms with Gasteiger partial charge in [-0.15, -0.1) is 0 Å². The zero-order valence-corrected chi connectivity index (χ0v) is 49.2. The number of nitrogens with one attached hydrogen (secondary N) is 1. The van der Waals surface area contributed by atoms with Crippen molar-refractivity contribution >= 4 is 5.91 Å². The summed E-state index contributed by atoms with van der Waals surface area (Å²) in [7, 11) is 0. The van der Waals surface area contributed by atoms with Crippen molar-refractivity contribution in [2.75, 3.05) is 6.61 Å². The summed E-state index contributed by atoms with van der Waals surface area (Å²) in [4.78, 5) is 12.5. The Labute approximate surface area is 457 Å². The summed E-state index contributed by atoms with van der Waals surface area (Å²) < 4.78 is 0. The van der Waals surface area contributed by atoms with Gasteiger partial charge in [-0.25, -0.2) is 0 Å². The van der Waals surface area contributed by atoms with Gasteiger partial charge in [0, 0.05) is 6.42 Å². The highest BCUT2D eigenvalue weighted by Gasteiger charge is 2.18. The summed E-state index contributed by atoms with van der Waals surface area (Å²) in [5.41, 5.74) is 0. The highest BCUT2D eigenvalue weighted by Crippen LogP contribution is 2.18. The molecular formula is C69H127NO3. The normalized spacial score (nSPS) is 13.2. The SMILES string of the molecule is CC/C=C\C/C=C\C/C=C\C/C=C\CCCCCCCCCCCCCCCCCCCCCCCCC(=O)NC(CO)C(O)/C=C/CC/C=C/CCCCCCCCCCCCCCCCCCCCCC. The number of aliphatic hydroxyl groups excluding tert-OH is 2. The van der Waals surface area contributed by atoms with Crippen LogP contribution in [0.2, 0.25) is 0 Å². The Morgan fingerprint density at radius 2 is 0.616 bits per heavy atom. The van der Waals surface area contributed by atoms with E-state index in [4.69, 9.17) is 0 Å². The molecule has 0 aliphatic carbocycles. The summed E-state index contributed by atoms with van der Waals surface area (Å²) in [5.74, 6) is -0.0687. The maximum Gasteiger partial charge on any atom is 0.220 e. The standard InChI is InChI=1S/C69H127NO3/c1-3-5-7-9-11-13-15-17-19-21-23-25-27-29-31-32-33-34-35-36-37-38-39-41-43-45-47-49-51-53-55-57-59-61-63-65-69(73)70-67(66-71)68(72)64-62-60-58-56-54-52-50-48-46-44-42-40-30-28-26-24-22-20-18-16-14-12-10-8-6-4-2/h5,7,11,13,17,19,23,25,54,56,62,64,67-68,71-72H,3-4,6,8-10,12,14-16,18,20-22,24,26-53,55,57-61,63,65-66H2,1-2H3,(H,70,73)/b7-5-,13-11-,19-17-,25-23-,56-54+,64-62+. The monoisotopic (exact) mass is 1020 g/mol. The van der Waals surface area contributed by atoms with E-state index in [0.29, 0.717) is 6.42 Å². The van der Waals surface area contributed by atoms with Crippen molar-refractivity contribution < 1.29 is 15.0 Å². The van der Waals surface area contributed by atoms with Crippen molar-refractivity contribution in [2.24, 2.45) is 0 Å². The van der Waals surface area contributed by atoms with E-state index < -0.39 is 12.1 Å². The lowest BCUT2D eigenvalue weighted by atomic mass is 10.0. The number of unbranched alkanes of at least 4 members (excludes halogenated alkanes) is 43. The van der Waals surface area contributed by atoms with Crippen molar-refractivity contribution in [2.45, 2.75) is 353 Å². The molecule has 4 nitrogen and oxygen atoms in total. The van der Waals surface area contributed by atoms with Crippen LogP contribution in [0.4, 0.5) is 0 Å². The first kappa shape index (κ1) is 70.8. The molecule has 1 amide bonds. The van der Waals surface area contributed by atoms with Crippen LogP contribution in [0.3, 0.4) is 0 Å². The Bertz CT molecular complexity index is 1250. The quantitative estimate of drug-likeness (QED) is 0.0420. The van der Waals surface area contributed by atoms with Crippen LogP contribution in [0, 0.1) is 0 Å². The number of carbonyl (C=O) groups is 1. The summed E-state index contributed by atoms with van der Waals surface area (Å²) in [5, 5.41) is 23.2. The van der Waals surface area contributed by atoms with Gasteiger partial charge in [0.05, 0.1) is 18.8 Å². The lowest BCUT2D eigenvalue weighted by Gasteiger charge is -2.19. The molecule has 3 N–H and O–H groups in total. The van der Waals surface area contributed by atoms with Gasteiger partial charge in [-0.3, -0.25) is 4.79 Å². The van der Waals surface area contributed by atoms with E-state index in [9.17, 15) is 15.0 Å². The molecule has 4 heteroatoms. The molecule has 0 aromatic rings. The third-order valence-corrected chi connectivity index (χ3v) is 14.9. The fourth-order valence-electron chi connectivity index (χ4n) is 10.0. The third kappa shape index (κ3) is 60.6. The molecule has 2 unspecified atom stereocenters. The first-order valence-electron chi connectivity index (χ1n) is 32.7. The molecular weight excluding hydrogens is 891 g/mol.